The third-order valence-corrected chi connectivity index (χ3v) is 4.48. The fraction of sp³-hybridized carbons (Fsp3) is 0.0526. The summed E-state index contributed by atoms with van der Waals surface area (Å²) in [6, 6.07) is 23.5. The monoisotopic (exact) mass is 337 g/mol. The number of hydrogen-bond acceptors (Lipinski definition) is 3. The average Bonchev–Trinajstić information content (AvgIpc) is 2.63. The number of rotatable bonds is 3. The van der Waals surface area contributed by atoms with Crippen LogP contribution in [0.1, 0.15) is 5.56 Å². The number of fused-ring (bicyclic) bond motifs is 1. The van der Waals surface area contributed by atoms with E-state index in [1.54, 1.807) is 0 Å². The highest BCUT2D eigenvalue weighted by molar-refractivity contribution is 7.78. The zero-order valence-corrected chi connectivity index (χ0v) is 13.6. The van der Waals surface area contributed by atoms with E-state index >= 15 is 0 Å². The van der Waals surface area contributed by atoms with Crippen LogP contribution in [-0.4, -0.2) is 4.21 Å². The molecule has 3 aromatic carbocycles. The summed E-state index contributed by atoms with van der Waals surface area (Å²) in [5, 5.41) is 0. The molecular formula is C19H15NO3S. The zero-order chi connectivity index (χ0) is 16.4. The summed E-state index contributed by atoms with van der Waals surface area (Å²) in [5.74, 6) is 2.28. The number of ether oxygens (including phenoxy) is 1. The van der Waals surface area contributed by atoms with Gasteiger partial charge in [0, 0.05) is 12.1 Å². The van der Waals surface area contributed by atoms with Gasteiger partial charge in [-0.3, -0.25) is 0 Å². The highest BCUT2D eigenvalue weighted by Gasteiger charge is 2.15. The van der Waals surface area contributed by atoms with E-state index in [1.807, 2.05) is 72.8 Å². The maximum Gasteiger partial charge on any atom is 0.288 e. The van der Waals surface area contributed by atoms with Crippen molar-refractivity contribution in [2.45, 2.75) is 6.54 Å². The highest BCUT2D eigenvalue weighted by atomic mass is 32.2. The van der Waals surface area contributed by atoms with Crippen LogP contribution >= 0.6 is 0 Å². The molecule has 1 atom stereocenters. The molecule has 0 aliphatic carbocycles. The zero-order valence-electron chi connectivity index (χ0n) is 12.8. The van der Waals surface area contributed by atoms with Crippen LogP contribution in [0.25, 0.3) is 11.1 Å². The molecule has 1 heterocycles. The molecule has 5 heteroatoms. The lowest BCUT2D eigenvalue weighted by atomic mass is 10.0. The second kappa shape index (κ2) is 6.47. The second-order valence-corrected chi connectivity index (χ2v) is 6.33. The third kappa shape index (κ3) is 3.18. The summed E-state index contributed by atoms with van der Waals surface area (Å²) >= 11 is -1.44. The van der Waals surface area contributed by atoms with E-state index in [2.05, 4.69) is 4.72 Å². The molecule has 4 nitrogen and oxygen atoms in total. The molecule has 1 aliphatic heterocycles. The lowest BCUT2D eigenvalue weighted by Gasteiger charge is -2.17. The lowest BCUT2D eigenvalue weighted by molar-refractivity contribution is 0.483. The molecule has 1 N–H and O–H groups in total. The van der Waals surface area contributed by atoms with Crippen molar-refractivity contribution >= 4 is 11.3 Å². The molecule has 0 radical (unpaired) electrons. The normalized spacial score (nSPS) is 16.1. The van der Waals surface area contributed by atoms with Crippen LogP contribution in [0.4, 0.5) is 0 Å². The van der Waals surface area contributed by atoms with Crippen molar-refractivity contribution in [2.75, 3.05) is 0 Å². The van der Waals surface area contributed by atoms with Crippen LogP contribution in [0.3, 0.4) is 0 Å². The Kier molecular flexibility index (Phi) is 4.02. The summed E-state index contributed by atoms with van der Waals surface area (Å²) < 4.78 is 25.2. The van der Waals surface area contributed by atoms with Crippen LogP contribution in [0, 0.1) is 0 Å². The van der Waals surface area contributed by atoms with Gasteiger partial charge in [0.05, 0.1) is 0 Å². The van der Waals surface area contributed by atoms with Crippen molar-refractivity contribution < 1.29 is 13.1 Å². The Balaban J connectivity index is 1.56. The van der Waals surface area contributed by atoms with Gasteiger partial charge in [-0.05, 0) is 47.5 Å². The van der Waals surface area contributed by atoms with Gasteiger partial charge >= 0.3 is 0 Å². The van der Waals surface area contributed by atoms with Gasteiger partial charge in [-0.1, -0.05) is 36.4 Å². The van der Waals surface area contributed by atoms with Gasteiger partial charge in [0.15, 0.2) is 0 Å². The van der Waals surface area contributed by atoms with Crippen molar-refractivity contribution in [3.63, 3.8) is 0 Å². The second-order valence-electron chi connectivity index (χ2n) is 5.40. The first-order chi connectivity index (χ1) is 11.8. The predicted molar refractivity (Wildman–Crippen MR) is 94.0 cm³/mol. The first-order valence-electron chi connectivity index (χ1n) is 7.58. The minimum Gasteiger partial charge on any atom is -0.457 e. The SMILES string of the molecule is O=S1NCc2cc(-c3ccc(Oc4ccccc4)cc3)ccc2O1. The molecule has 0 saturated carbocycles. The minimum absolute atomic E-state index is 0.533. The van der Waals surface area contributed by atoms with E-state index in [4.69, 9.17) is 8.92 Å². The van der Waals surface area contributed by atoms with Crippen molar-refractivity contribution in [3.8, 4) is 28.4 Å². The molecule has 0 spiro atoms. The molecular weight excluding hydrogens is 322 g/mol. The maximum absolute atomic E-state index is 11.3. The fourth-order valence-corrected chi connectivity index (χ4v) is 3.22. The lowest BCUT2D eigenvalue weighted by Crippen LogP contribution is -2.26. The van der Waals surface area contributed by atoms with Gasteiger partial charge in [-0.25, -0.2) is 0 Å². The van der Waals surface area contributed by atoms with E-state index in [0.29, 0.717) is 12.3 Å². The first-order valence-corrected chi connectivity index (χ1v) is 8.65. The maximum atomic E-state index is 11.3. The summed E-state index contributed by atoms with van der Waals surface area (Å²) in [6.45, 7) is 0.533. The highest BCUT2D eigenvalue weighted by Crippen LogP contribution is 2.30. The molecule has 4 rings (SSSR count). The van der Waals surface area contributed by atoms with E-state index in [-0.39, 0.29) is 0 Å². The van der Waals surface area contributed by atoms with Crippen molar-refractivity contribution in [1.29, 1.82) is 0 Å². The Labute approximate surface area is 142 Å². The molecule has 24 heavy (non-hydrogen) atoms. The third-order valence-electron chi connectivity index (χ3n) is 3.77. The van der Waals surface area contributed by atoms with Crippen LogP contribution in [0.2, 0.25) is 0 Å². The Morgan fingerprint density at radius 1 is 0.875 bits per heavy atom. The summed E-state index contributed by atoms with van der Waals surface area (Å²) in [5.41, 5.74) is 3.17. The van der Waals surface area contributed by atoms with Gasteiger partial charge in [-0.15, -0.1) is 0 Å². The smallest absolute Gasteiger partial charge is 0.288 e. The summed E-state index contributed by atoms with van der Waals surface area (Å²) in [7, 11) is 0. The van der Waals surface area contributed by atoms with Crippen LogP contribution in [0.5, 0.6) is 17.2 Å². The van der Waals surface area contributed by atoms with E-state index in [9.17, 15) is 4.21 Å². The predicted octanol–water partition coefficient (Wildman–Crippen LogP) is 4.21. The largest absolute Gasteiger partial charge is 0.457 e. The van der Waals surface area contributed by atoms with Crippen LogP contribution in [-0.2, 0) is 17.8 Å². The number of benzene rings is 3. The number of hydrogen-bond donors (Lipinski definition) is 1. The molecule has 0 amide bonds. The standard InChI is InChI=1S/C19H15NO3S/c21-24-20-13-16-12-15(8-11-19(16)23-24)14-6-9-18(10-7-14)22-17-4-2-1-3-5-17/h1-12,20H,13H2. The Morgan fingerprint density at radius 3 is 2.38 bits per heavy atom. The summed E-state index contributed by atoms with van der Waals surface area (Å²) in [4.78, 5) is 0. The van der Waals surface area contributed by atoms with Crippen molar-refractivity contribution in [3.05, 3.63) is 78.4 Å². The fourth-order valence-electron chi connectivity index (χ4n) is 2.57. The number of nitrogens with one attached hydrogen (secondary N) is 1. The molecule has 1 aliphatic rings. The van der Waals surface area contributed by atoms with Crippen molar-refractivity contribution in [2.24, 2.45) is 0 Å². The topological polar surface area (TPSA) is 47.6 Å². The van der Waals surface area contributed by atoms with Gasteiger partial charge < -0.3 is 8.92 Å². The van der Waals surface area contributed by atoms with Crippen LogP contribution in [0.15, 0.2) is 72.8 Å². The molecule has 120 valence electrons. The molecule has 1 unspecified atom stereocenters. The van der Waals surface area contributed by atoms with Crippen molar-refractivity contribution in [1.82, 2.24) is 4.72 Å². The van der Waals surface area contributed by atoms with Gasteiger partial charge in [0.1, 0.15) is 17.2 Å². The molecule has 0 aromatic heterocycles. The van der Waals surface area contributed by atoms with E-state index in [1.165, 1.54) is 0 Å². The quantitative estimate of drug-likeness (QED) is 0.779. The van der Waals surface area contributed by atoms with Gasteiger partial charge in [0.25, 0.3) is 11.3 Å². The van der Waals surface area contributed by atoms with Gasteiger partial charge in [-0.2, -0.15) is 8.93 Å². The van der Waals surface area contributed by atoms with E-state index < -0.39 is 11.3 Å². The minimum atomic E-state index is -1.44. The Morgan fingerprint density at radius 2 is 1.58 bits per heavy atom. The van der Waals surface area contributed by atoms with E-state index in [0.717, 1.165) is 28.2 Å². The average molecular weight is 337 g/mol. The molecule has 3 aromatic rings. The Bertz CT molecular complexity index is 879. The first kappa shape index (κ1) is 14.9. The van der Waals surface area contributed by atoms with Gasteiger partial charge in [0.2, 0.25) is 0 Å². The molecule has 0 fully saturated rings. The molecule has 0 saturated heterocycles. The van der Waals surface area contributed by atoms with Crippen LogP contribution < -0.4 is 13.6 Å². The summed E-state index contributed by atoms with van der Waals surface area (Å²) in [6.07, 6.45) is 0. The Hall–Kier alpha value is -2.63. The molecule has 0 bridgehead atoms. The number of para-hydroxylation sites is 1.